The minimum absolute atomic E-state index is 0.133. The maximum atomic E-state index is 11.8. The lowest BCUT2D eigenvalue weighted by Crippen LogP contribution is -2.23. The van der Waals surface area contributed by atoms with Gasteiger partial charge in [-0.25, -0.2) is 0 Å². The number of pyridine rings is 2. The fourth-order valence-electron chi connectivity index (χ4n) is 2.19. The van der Waals surface area contributed by atoms with E-state index in [0.717, 1.165) is 16.8 Å². The highest BCUT2D eigenvalue weighted by Crippen LogP contribution is 2.32. The molecule has 20 heavy (non-hydrogen) atoms. The smallest absolute Gasteiger partial charge is 0.220 e. The molecule has 3 rings (SSSR count). The Hall–Kier alpha value is -2.23. The van der Waals surface area contributed by atoms with Crippen LogP contribution in [0.4, 0.5) is 0 Å². The lowest BCUT2D eigenvalue weighted by molar-refractivity contribution is -0.121. The molecule has 0 unspecified atom stereocenters. The first-order valence-corrected chi connectivity index (χ1v) is 6.94. The molecule has 4 nitrogen and oxygen atoms in total. The highest BCUT2D eigenvalue weighted by Gasteiger charge is 2.24. The SMILES string of the molecule is O=C(CC1CC1)NCc1cccnc1-c1cccnc1. The van der Waals surface area contributed by atoms with Gasteiger partial charge in [0, 0.05) is 37.1 Å². The monoisotopic (exact) mass is 267 g/mol. The summed E-state index contributed by atoms with van der Waals surface area (Å²) in [6, 6.07) is 7.75. The van der Waals surface area contributed by atoms with Gasteiger partial charge in [-0.2, -0.15) is 0 Å². The first kappa shape index (κ1) is 12.8. The van der Waals surface area contributed by atoms with Crippen LogP contribution in [0.25, 0.3) is 11.3 Å². The maximum Gasteiger partial charge on any atom is 0.220 e. The van der Waals surface area contributed by atoms with Crippen LogP contribution in [0, 0.1) is 5.92 Å². The molecule has 1 amide bonds. The number of carbonyl (C=O) groups excluding carboxylic acids is 1. The van der Waals surface area contributed by atoms with Gasteiger partial charge >= 0.3 is 0 Å². The number of hydrogen-bond donors (Lipinski definition) is 1. The molecule has 0 radical (unpaired) electrons. The van der Waals surface area contributed by atoms with E-state index in [-0.39, 0.29) is 5.91 Å². The molecule has 4 heteroatoms. The average molecular weight is 267 g/mol. The van der Waals surface area contributed by atoms with Crippen LogP contribution in [0.15, 0.2) is 42.9 Å². The van der Waals surface area contributed by atoms with Crippen molar-refractivity contribution in [3.05, 3.63) is 48.4 Å². The third-order valence-corrected chi connectivity index (χ3v) is 3.47. The fourth-order valence-corrected chi connectivity index (χ4v) is 2.19. The van der Waals surface area contributed by atoms with Gasteiger partial charge in [-0.05, 0) is 42.5 Å². The second-order valence-electron chi connectivity index (χ2n) is 5.18. The molecule has 1 fully saturated rings. The number of amides is 1. The summed E-state index contributed by atoms with van der Waals surface area (Å²) in [4.78, 5) is 20.3. The molecule has 0 saturated heterocycles. The Morgan fingerprint density at radius 3 is 2.85 bits per heavy atom. The zero-order chi connectivity index (χ0) is 13.8. The maximum absolute atomic E-state index is 11.8. The molecule has 2 aromatic heterocycles. The molecule has 1 aliphatic carbocycles. The molecular weight excluding hydrogens is 250 g/mol. The summed E-state index contributed by atoms with van der Waals surface area (Å²) < 4.78 is 0. The Balaban J connectivity index is 1.71. The predicted molar refractivity (Wildman–Crippen MR) is 76.7 cm³/mol. The van der Waals surface area contributed by atoms with Crippen molar-refractivity contribution in [1.29, 1.82) is 0 Å². The van der Waals surface area contributed by atoms with E-state index in [9.17, 15) is 4.79 Å². The number of carbonyl (C=O) groups is 1. The number of rotatable bonds is 5. The van der Waals surface area contributed by atoms with E-state index in [1.54, 1.807) is 18.6 Å². The lowest BCUT2D eigenvalue weighted by Gasteiger charge is -2.09. The molecule has 0 bridgehead atoms. The minimum atomic E-state index is 0.133. The van der Waals surface area contributed by atoms with Gasteiger partial charge in [0.2, 0.25) is 5.91 Å². The molecule has 0 aliphatic heterocycles. The number of hydrogen-bond acceptors (Lipinski definition) is 3. The third-order valence-electron chi connectivity index (χ3n) is 3.47. The van der Waals surface area contributed by atoms with E-state index in [1.807, 2.05) is 24.3 Å². The molecule has 2 heterocycles. The van der Waals surface area contributed by atoms with Crippen LogP contribution in [0.1, 0.15) is 24.8 Å². The lowest BCUT2D eigenvalue weighted by atomic mass is 10.1. The van der Waals surface area contributed by atoms with Crippen molar-refractivity contribution in [2.24, 2.45) is 5.92 Å². The van der Waals surface area contributed by atoms with Crippen LogP contribution in [0.5, 0.6) is 0 Å². The molecular formula is C16H17N3O. The Bertz CT molecular complexity index is 594. The summed E-state index contributed by atoms with van der Waals surface area (Å²) in [6.07, 6.45) is 8.34. The topological polar surface area (TPSA) is 54.9 Å². The normalized spacial score (nSPS) is 14.0. The molecule has 102 valence electrons. The predicted octanol–water partition coefficient (Wildman–Crippen LogP) is 2.56. The fraction of sp³-hybridized carbons (Fsp3) is 0.312. The summed E-state index contributed by atoms with van der Waals surface area (Å²) in [5.74, 6) is 0.746. The van der Waals surface area contributed by atoms with Gasteiger partial charge < -0.3 is 5.32 Å². The highest BCUT2D eigenvalue weighted by atomic mass is 16.1. The van der Waals surface area contributed by atoms with Crippen LogP contribution in [-0.2, 0) is 11.3 Å². The van der Waals surface area contributed by atoms with Gasteiger partial charge in [0.1, 0.15) is 0 Å². The van der Waals surface area contributed by atoms with Gasteiger partial charge in [-0.15, -0.1) is 0 Å². The van der Waals surface area contributed by atoms with Gasteiger partial charge in [0.05, 0.1) is 5.69 Å². The van der Waals surface area contributed by atoms with Crippen molar-refractivity contribution < 1.29 is 4.79 Å². The van der Waals surface area contributed by atoms with E-state index in [4.69, 9.17) is 0 Å². The van der Waals surface area contributed by atoms with Gasteiger partial charge in [-0.1, -0.05) is 6.07 Å². The van der Waals surface area contributed by atoms with Crippen LogP contribution in [0.2, 0.25) is 0 Å². The van der Waals surface area contributed by atoms with Crippen LogP contribution in [0.3, 0.4) is 0 Å². The minimum Gasteiger partial charge on any atom is -0.352 e. The van der Waals surface area contributed by atoms with Crippen molar-refractivity contribution in [1.82, 2.24) is 15.3 Å². The van der Waals surface area contributed by atoms with Crippen molar-refractivity contribution in [2.45, 2.75) is 25.8 Å². The van der Waals surface area contributed by atoms with Crippen molar-refractivity contribution in [2.75, 3.05) is 0 Å². The van der Waals surface area contributed by atoms with E-state index < -0.39 is 0 Å². The number of aromatic nitrogens is 2. The van der Waals surface area contributed by atoms with Gasteiger partial charge in [-0.3, -0.25) is 14.8 Å². The quantitative estimate of drug-likeness (QED) is 0.905. The highest BCUT2D eigenvalue weighted by molar-refractivity contribution is 5.76. The van der Waals surface area contributed by atoms with Crippen molar-refractivity contribution in [3.63, 3.8) is 0 Å². The largest absolute Gasteiger partial charge is 0.352 e. The Morgan fingerprint density at radius 2 is 2.10 bits per heavy atom. The summed E-state index contributed by atoms with van der Waals surface area (Å²) in [6.45, 7) is 0.517. The zero-order valence-electron chi connectivity index (χ0n) is 11.2. The second kappa shape index (κ2) is 5.82. The molecule has 1 saturated carbocycles. The van der Waals surface area contributed by atoms with Crippen LogP contribution in [-0.4, -0.2) is 15.9 Å². The Labute approximate surface area is 118 Å². The standard InChI is InChI=1S/C16H17N3O/c20-15(9-12-5-6-12)19-11-14-4-2-8-18-16(14)13-3-1-7-17-10-13/h1-4,7-8,10,12H,5-6,9,11H2,(H,19,20). The Morgan fingerprint density at radius 1 is 1.25 bits per heavy atom. The van der Waals surface area contributed by atoms with E-state index in [0.29, 0.717) is 18.9 Å². The molecule has 0 spiro atoms. The molecule has 0 aromatic carbocycles. The molecule has 1 N–H and O–H groups in total. The number of nitrogens with zero attached hydrogens (tertiary/aromatic N) is 2. The number of nitrogens with one attached hydrogen (secondary N) is 1. The second-order valence-corrected chi connectivity index (χ2v) is 5.18. The summed E-state index contributed by atoms with van der Waals surface area (Å²) >= 11 is 0. The average Bonchev–Trinajstić information content (AvgIpc) is 3.30. The molecule has 0 atom stereocenters. The third kappa shape index (κ3) is 3.20. The van der Waals surface area contributed by atoms with E-state index >= 15 is 0 Å². The van der Waals surface area contributed by atoms with Crippen LogP contribution < -0.4 is 5.32 Å². The van der Waals surface area contributed by atoms with Crippen LogP contribution >= 0.6 is 0 Å². The summed E-state index contributed by atoms with van der Waals surface area (Å²) in [5, 5.41) is 2.98. The molecule has 2 aromatic rings. The van der Waals surface area contributed by atoms with Gasteiger partial charge in [0.25, 0.3) is 0 Å². The van der Waals surface area contributed by atoms with Gasteiger partial charge in [0.15, 0.2) is 0 Å². The summed E-state index contributed by atoms with van der Waals surface area (Å²) in [7, 11) is 0. The zero-order valence-corrected chi connectivity index (χ0v) is 11.2. The molecule has 1 aliphatic rings. The van der Waals surface area contributed by atoms with E-state index in [1.165, 1.54) is 12.8 Å². The first-order valence-electron chi connectivity index (χ1n) is 6.94. The van der Waals surface area contributed by atoms with E-state index in [2.05, 4.69) is 15.3 Å². The summed E-state index contributed by atoms with van der Waals surface area (Å²) in [5.41, 5.74) is 2.87. The van der Waals surface area contributed by atoms with Crippen molar-refractivity contribution in [3.8, 4) is 11.3 Å². The first-order chi connectivity index (χ1) is 9.83. The Kier molecular flexibility index (Phi) is 3.72. The van der Waals surface area contributed by atoms with Crippen molar-refractivity contribution >= 4 is 5.91 Å².